The Balaban J connectivity index is 0.000000864. The summed E-state index contributed by atoms with van der Waals surface area (Å²) in [5, 5.41) is 12.2. The minimum atomic E-state index is -4.67. The van der Waals surface area contributed by atoms with Crippen molar-refractivity contribution in [3.05, 3.63) is 56.7 Å². The SMILES string of the molecule is O.O.O=C(O)[C@H](c1ccccc1Cl)N1CCc2sccc2C1.O=S(=O)(O)O. The Kier molecular flexibility index (Phi) is 10.1. The maximum Gasteiger partial charge on any atom is 0.394 e. The smallest absolute Gasteiger partial charge is 0.394 e. The molecule has 12 heteroatoms. The van der Waals surface area contributed by atoms with Crippen molar-refractivity contribution >= 4 is 39.3 Å². The molecule has 7 N–H and O–H groups in total. The number of hydrogen-bond acceptors (Lipinski definition) is 5. The van der Waals surface area contributed by atoms with E-state index in [4.69, 9.17) is 29.1 Å². The summed E-state index contributed by atoms with van der Waals surface area (Å²) < 4.78 is 31.6. The fraction of sp³-hybridized carbons (Fsp3) is 0.267. The lowest BCUT2D eigenvalue weighted by Crippen LogP contribution is -2.37. The van der Waals surface area contributed by atoms with Gasteiger partial charge in [0.05, 0.1) is 0 Å². The highest BCUT2D eigenvalue weighted by Gasteiger charge is 2.31. The normalized spacial score (nSPS) is 14.5. The Hall–Kier alpha value is -1.57. The van der Waals surface area contributed by atoms with Crippen molar-refractivity contribution in [1.82, 2.24) is 4.90 Å². The molecule has 2 heterocycles. The second-order valence-corrected chi connectivity index (χ2v) is 7.60. The second kappa shape index (κ2) is 10.7. The molecule has 1 aliphatic heterocycles. The van der Waals surface area contributed by atoms with Crippen LogP contribution in [0.1, 0.15) is 22.0 Å². The quantitative estimate of drug-likeness (QED) is 0.600. The number of carboxylic acids is 1. The third kappa shape index (κ3) is 7.52. The maximum atomic E-state index is 11.7. The number of carbonyl (C=O) groups is 1. The zero-order valence-electron chi connectivity index (χ0n) is 13.9. The lowest BCUT2D eigenvalue weighted by molar-refractivity contribution is -0.144. The molecule has 0 bridgehead atoms. The van der Waals surface area contributed by atoms with Crippen LogP contribution in [0.4, 0.5) is 0 Å². The Labute approximate surface area is 165 Å². The predicted molar refractivity (Wildman–Crippen MR) is 102 cm³/mol. The van der Waals surface area contributed by atoms with Crippen LogP contribution in [0.5, 0.6) is 0 Å². The standard InChI is InChI=1S/C15H14ClNO2S.H2O4S.2H2O/c16-12-4-2-1-3-11(12)14(15(18)19)17-7-5-13-10(9-17)6-8-20-13;1-5(2,3)4;;/h1-4,6,8,14H,5,7,9H2,(H,18,19);(H2,1,2,3,4);2*1H2/t14-;;;/m0.../s1. The lowest BCUT2D eigenvalue weighted by atomic mass is 10.0. The molecule has 1 atom stereocenters. The van der Waals surface area contributed by atoms with E-state index >= 15 is 0 Å². The third-order valence-corrected chi connectivity index (χ3v) is 5.00. The molecule has 0 spiro atoms. The summed E-state index contributed by atoms with van der Waals surface area (Å²) in [6, 6.07) is 8.58. The van der Waals surface area contributed by atoms with Gasteiger partial charge in [-0.2, -0.15) is 8.42 Å². The van der Waals surface area contributed by atoms with Crippen molar-refractivity contribution in [2.75, 3.05) is 6.54 Å². The van der Waals surface area contributed by atoms with Gasteiger partial charge >= 0.3 is 16.4 Å². The highest BCUT2D eigenvalue weighted by Crippen LogP contribution is 2.33. The van der Waals surface area contributed by atoms with E-state index in [1.807, 2.05) is 17.0 Å². The van der Waals surface area contributed by atoms with Gasteiger partial charge in [0.2, 0.25) is 0 Å². The van der Waals surface area contributed by atoms with Gasteiger partial charge in [0.25, 0.3) is 0 Å². The molecule has 1 aromatic heterocycles. The van der Waals surface area contributed by atoms with E-state index in [-0.39, 0.29) is 11.0 Å². The number of carboxylic acid groups (broad SMARTS) is 1. The summed E-state index contributed by atoms with van der Waals surface area (Å²) in [6.07, 6.45) is 0.904. The molecule has 1 aromatic carbocycles. The Morgan fingerprint density at radius 1 is 1.19 bits per heavy atom. The van der Waals surface area contributed by atoms with Crippen LogP contribution in [0.2, 0.25) is 5.02 Å². The van der Waals surface area contributed by atoms with Gasteiger partial charge in [-0.15, -0.1) is 11.3 Å². The number of benzene rings is 1. The van der Waals surface area contributed by atoms with Gasteiger partial charge in [-0.1, -0.05) is 29.8 Å². The summed E-state index contributed by atoms with van der Waals surface area (Å²) in [6.45, 7) is 1.41. The number of halogens is 1. The minimum Gasteiger partial charge on any atom is -0.480 e. The first kappa shape index (κ1) is 25.4. The highest BCUT2D eigenvalue weighted by molar-refractivity contribution is 7.79. The summed E-state index contributed by atoms with van der Waals surface area (Å²) in [5.41, 5.74) is 1.90. The zero-order chi connectivity index (χ0) is 18.6. The van der Waals surface area contributed by atoms with Crippen LogP contribution in [0.15, 0.2) is 35.7 Å². The molecule has 2 aromatic rings. The lowest BCUT2D eigenvalue weighted by Gasteiger charge is -2.32. The Morgan fingerprint density at radius 3 is 2.33 bits per heavy atom. The van der Waals surface area contributed by atoms with Crippen molar-refractivity contribution in [1.29, 1.82) is 0 Å². The Bertz CT molecular complexity index is 847. The summed E-state index contributed by atoms with van der Waals surface area (Å²) >= 11 is 7.92. The first-order valence-electron chi connectivity index (χ1n) is 7.13. The van der Waals surface area contributed by atoms with Crippen molar-refractivity contribution in [3.8, 4) is 0 Å². The van der Waals surface area contributed by atoms with Gasteiger partial charge in [-0.25, -0.2) is 0 Å². The van der Waals surface area contributed by atoms with Crippen LogP contribution in [0, 0.1) is 0 Å². The molecule has 0 radical (unpaired) electrons. The molecule has 9 nitrogen and oxygen atoms in total. The summed E-state index contributed by atoms with van der Waals surface area (Å²) in [7, 11) is -4.67. The molecule has 0 unspecified atom stereocenters. The van der Waals surface area contributed by atoms with Crippen molar-refractivity contribution < 1.29 is 38.4 Å². The van der Waals surface area contributed by atoms with E-state index in [0.717, 1.165) is 13.0 Å². The molecular formula is C15H20ClNO8S2. The van der Waals surface area contributed by atoms with Crippen molar-refractivity contribution in [2.24, 2.45) is 0 Å². The van der Waals surface area contributed by atoms with E-state index < -0.39 is 22.4 Å². The van der Waals surface area contributed by atoms with E-state index in [2.05, 4.69) is 11.4 Å². The summed E-state index contributed by atoms with van der Waals surface area (Å²) in [5.74, 6) is -0.850. The molecular weight excluding hydrogens is 422 g/mol. The largest absolute Gasteiger partial charge is 0.480 e. The molecule has 0 saturated carbocycles. The van der Waals surface area contributed by atoms with Gasteiger partial charge in [0.15, 0.2) is 0 Å². The van der Waals surface area contributed by atoms with Crippen LogP contribution in [0.3, 0.4) is 0 Å². The zero-order valence-corrected chi connectivity index (χ0v) is 16.3. The average molecular weight is 442 g/mol. The third-order valence-electron chi connectivity index (χ3n) is 3.64. The van der Waals surface area contributed by atoms with Gasteiger partial charge < -0.3 is 16.1 Å². The van der Waals surface area contributed by atoms with E-state index in [0.29, 0.717) is 17.1 Å². The van der Waals surface area contributed by atoms with Crippen molar-refractivity contribution in [2.45, 2.75) is 19.0 Å². The molecule has 3 rings (SSSR count). The minimum absolute atomic E-state index is 0. The summed E-state index contributed by atoms with van der Waals surface area (Å²) in [4.78, 5) is 15.1. The topological polar surface area (TPSA) is 178 Å². The number of hydrogen-bond donors (Lipinski definition) is 3. The molecule has 0 fully saturated rings. The fourth-order valence-electron chi connectivity index (χ4n) is 2.67. The number of fused-ring (bicyclic) bond motifs is 1. The highest BCUT2D eigenvalue weighted by atomic mass is 35.5. The van der Waals surface area contributed by atoms with Crippen LogP contribution < -0.4 is 0 Å². The van der Waals surface area contributed by atoms with Gasteiger partial charge in [-0.05, 0) is 35.1 Å². The van der Waals surface area contributed by atoms with E-state index in [1.165, 1.54) is 10.4 Å². The first-order valence-corrected chi connectivity index (χ1v) is 9.78. The molecule has 27 heavy (non-hydrogen) atoms. The maximum absolute atomic E-state index is 11.7. The Morgan fingerprint density at radius 2 is 1.78 bits per heavy atom. The van der Waals surface area contributed by atoms with E-state index in [9.17, 15) is 9.90 Å². The van der Waals surface area contributed by atoms with Crippen LogP contribution in [0.25, 0.3) is 0 Å². The van der Waals surface area contributed by atoms with Crippen LogP contribution in [-0.2, 0) is 28.2 Å². The van der Waals surface area contributed by atoms with E-state index in [1.54, 1.807) is 23.5 Å². The monoisotopic (exact) mass is 441 g/mol. The molecule has 0 aliphatic carbocycles. The second-order valence-electron chi connectivity index (χ2n) is 5.30. The van der Waals surface area contributed by atoms with Gasteiger partial charge in [0.1, 0.15) is 6.04 Å². The van der Waals surface area contributed by atoms with Crippen LogP contribution in [-0.4, -0.2) is 51.0 Å². The fourth-order valence-corrected chi connectivity index (χ4v) is 3.80. The van der Waals surface area contributed by atoms with Crippen molar-refractivity contribution in [3.63, 3.8) is 0 Å². The first-order chi connectivity index (χ1) is 11.7. The van der Waals surface area contributed by atoms with Gasteiger partial charge in [0, 0.05) is 23.0 Å². The average Bonchev–Trinajstić information content (AvgIpc) is 2.95. The number of aliphatic carboxylic acids is 1. The number of rotatable bonds is 3. The molecule has 1 aliphatic rings. The van der Waals surface area contributed by atoms with Gasteiger partial charge in [-0.3, -0.25) is 18.8 Å². The molecule has 0 amide bonds. The molecule has 0 saturated heterocycles. The predicted octanol–water partition coefficient (Wildman–Crippen LogP) is 1.28. The van der Waals surface area contributed by atoms with Crippen LogP contribution >= 0.6 is 22.9 Å². The number of nitrogens with zero attached hydrogens (tertiary/aromatic N) is 1. The molecule has 152 valence electrons. The number of thiophene rings is 1.